The van der Waals surface area contributed by atoms with E-state index >= 15 is 0 Å². The summed E-state index contributed by atoms with van der Waals surface area (Å²) >= 11 is 0. The zero-order valence-electron chi connectivity index (χ0n) is 16.0. The van der Waals surface area contributed by atoms with Crippen molar-refractivity contribution in [3.8, 4) is 5.69 Å². The third kappa shape index (κ3) is 4.34. The molecule has 0 atom stereocenters. The van der Waals surface area contributed by atoms with Crippen molar-refractivity contribution < 1.29 is 9.53 Å². The van der Waals surface area contributed by atoms with Crippen molar-refractivity contribution in [3.05, 3.63) is 88.7 Å². The lowest BCUT2D eigenvalue weighted by atomic mass is 10.2. The summed E-state index contributed by atoms with van der Waals surface area (Å²) in [5.41, 5.74) is 5.94. The molecule has 3 rings (SSSR count). The van der Waals surface area contributed by atoms with Gasteiger partial charge in [-0.25, -0.2) is 4.79 Å². The van der Waals surface area contributed by atoms with E-state index in [1.807, 2.05) is 49.5 Å². The standard InChI is InChI=1S/C23H24N2O2/c1-4-27-23(26)20-11-8-12-22(14-20)25-17(2)13-21(18(25)3)16-24-15-19-9-6-5-7-10-19/h5-14,16H,4,15H2,1-3H3. The highest BCUT2D eigenvalue weighted by atomic mass is 16.5. The predicted molar refractivity (Wildman–Crippen MR) is 109 cm³/mol. The Kier molecular flexibility index (Phi) is 5.87. The Morgan fingerprint density at radius 3 is 2.59 bits per heavy atom. The smallest absolute Gasteiger partial charge is 0.338 e. The average molecular weight is 360 g/mol. The van der Waals surface area contributed by atoms with E-state index < -0.39 is 0 Å². The lowest BCUT2D eigenvalue weighted by molar-refractivity contribution is 0.0526. The Morgan fingerprint density at radius 2 is 1.85 bits per heavy atom. The highest BCUT2D eigenvalue weighted by Crippen LogP contribution is 2.21. The molecule has 0 aliphatic rings. The zero-order valence-corrected chi connectivity index (χ0v) is 16.0. The molecule has 3 aromatic rings. The van der Waals surface area contributed by atoms with Gasteiger partial charge in [0.15, 0.2) is 0 Å². The van der Waals surface area contributed by atoms with Crippen LogP contribution in [0.3, 0.4) is 0 Å². The lowest BCUT2D eigenvalue weighted by Gasteiger charge is -2.11. The number of esters is 1. The van der Waals surface area contributed by atoms with E-state index in [9.17, 15) is 4.79 Å². The van der Waals surface area contributed by atoms with E-state index in [0.717, 1.165) is 22.6 Å². The second-order valence-electron chi connectivity index (χ2n) is 6.39. The van der Waals surface area contributed by atoms with Gasteiger partial charge in [0.1, 0.15) is 0 Å². The third-order valence-electron chi connectivity index (χ3n) is 4.43. The topological polar surface area (TPSA) is 43.6 Å². The molecule has 0 saturated heterocycles. The third-order valence-corrected chi connectivity index (χ3v) is 4.43. The van der Waals surface area contributed by atoms with Crippen LogP contribution in [0.25, 0.3) is 5.69 Å². The Hall–Kier alpha value is -3.14. The van der Waals surface area contributed by atoms with E-state index in [-0.39, 0.29) is 5.97 Å². The number of benzene rings is 2. The number of aryl methyl sites for hydroxylation is 1. The lowest BCUT2D eigenvalue weighted by Crippen LogP contribution is -2.06. The van der Waals surface area contributed by atoms with E-state index in [1.54, 1.807) is 6.07 Å². The molecular weight excluding hydrogens is 336 g/mol. The number of aliphatic imine (C=N–C) groups is 1. The minimum absolute atomic E-state index is 0.300. The number of hydrogen-bond acceptors (Lipinski definition) is 3. The van der Waals surface area contributed by atoms with Crippen LogP contribution >= 0.6 is 0 Å². The molecule has 0 unspecified atom stereocenters. The molecular formula is C23H24N2O2. The van der Waals surface area contributed by atoms with Crippen LogP contribution in [0.5, 0.6) is 0 Å². The largest absolute Gasteiger partial charge is 0.462 e. The minimum atomic E-state index is -0.300. The number of aromatic nitrogens is 1. The summed E-state index contributed by atoms with van der Waals surface area (Å²) in [6, 6.07) is 19.8. The van der Waals surface area contributed by atoms with Crippen LogP contribution in [-0.4, -0.2) is 23.4 Å². The highest BCUT2D eigenvalue weighted by molar-refractivity contribution is 5.90. The van der Waals surface area contributed by atoms with Crippen LogP contribution in [0.2, 0.25) is 0 Å². The quantitative estimate of drug-likeness (QED) is 0.464. The maximum absolute atomic E-state index is 12.0. The molecule has 0 aliphatic heterocycles. The molecule has 4 heteroatoms. The molecule has 1 aromatic heterocycles. The summed E-state index contributed by atoms with van der Waals surface area (Å²) in [6.45, 7) is 6.95. The summed E-state index contributed by atoms with van der Waals surface area (Å²) < 4.78 is 7.24. The van der Waals surface area contributed by atoms with Gasteiger partial charge in [-0.2, -0.15) is 0 Å². The fourth-order valence-corrected chi connectivity index (χ4v) is 3.13. The molecule has 1 heterocycles. The molecule has 138 valence electrons. The first-order valence-corrected chi connectivity index (χ1v) is 9.10. The number of ether oxygens (including phenoxy) is 1. The number of nitrogens with zero attached hydrogens (tertiary/aromatic N) is 2. The molecule has 0 radical (unpaired) electrons. The molecule has 2 aromatic carbocycles. The first kappa shape index (κ1) is 18.6. The first-order chi connectivity index (χ1) is 13.1. The monoisotopic (exact) mass is 360 g/mol. The Morgan fingerprint density at radius 1 is 1.07 bits per heavy atom. The maximum Gasteiger partial charge on any atom is 0.338 e. The molecule has 0 bridgehead atoms. The van der Waals surface area contributed by atoms with Gasteiger partial charge in [0.25, 0.3) is 0 Å². The second kappa shape index (κ2) is 8.49. The Bertz CT molecular complexity index is 956. The van der Waals surface area contributed by atoms with Crippen molar-refractivity contribution in [3.63, 3.8) is 0 Å². The van der Waals surface area contributed by atoms with Gasteiger partial charge in [0.05, 0.1) is 18.7 Å². The summed E-state index contributed by atoms with van der Waals surface area (Å²) in [5, 5.41) is 0. The fraction of sp³-hybridized carbons (Fsp3) is 0.217. The second-order valence-corrected chi connectivity index (χ2v) is 6.39. The molecule has 0 N–H and O–H groups in total. The van der Waals surface area contributed by atoms with Crippen molar-refractivity contribution in [2.75, 3.05) is 6.61 Å². The van der Waals surface area contributed by atoms with Gasteiger partial charge in [-0.1, -0.05) is 36.4 Å². The van der Waals surface area contributed by atoms with Gasteiger partial charge >= 0.3 is 5.97 Å². The van der Waals surface area contributed by atoms with Gasteiger partial charge in [0, 0.05) is 28.9 Å². The molecule has 0 fully saturated rings. The minimum Gasteiger partial charge on any atom is -0.462 e. The van der Waals surface area contributed by atoms with Crippen LogP contribution in [-0.2, 0) is 11.3 Å². The van der Waals surface area contributed by atoms with E-state index in [2.05, 4.69) is 41.6 Å². The van der Waals surface area contributed by atoms with E-state index in [0.29, 0.717) is 18.7 Å². The van der Waals surface area contributed by atoms with Gasteiger partial charge in [0.2, 0.25) is 0 Å². The number of carbonyl (C=O) groups is 1. The molecule has 0 aliphatic carbocycles. The molecule has 4 nitrogen and oxygen atoms in total. The molecule has 27 heavy (non-hydrogen) atoms. The Balaban J connectivity index is 1.86. The van der Waals surface area contributed by atoms with Crippen LogP contribution < -0.4 is 0 Å². The first-order valence-electron chi connectivity index (χ1n) is 9.10. The predicted octanol–water partition coefficient (Wildman–Crippen LogP) is 4.89. The summed E-state index contributed by atoms with van der Waals surface area (Å²) in [4.78, 5) is 16.6. The van der Waals surface area contributed by atoms with Gasteiger partial charge in [-0.3, -0.25) is 4.99 Å². The van der Waals surface area contributed by atoms with Crippen LogP contribution in [0, 0.1) is 13.8 Å². The number of rotatable bonds is 6. The summed E-state index contributed by atoms with van der Waals surface area (Å²) in [6.07, 6.45) is 1.92. The number of carbonyl (C=O) groups excluding carboxylic acids is 1. The van der Waals surface area contributed by atoms with E-state index in [4.69, 9.17) is 4.74 Å². The SMILES string of the molecule is CCOC(=O)c1cccc(-n2c(C)cc(C=NCc3ccccc3)c2C)c1. The molecule has 0 amide bonds. The van der Waals surface area contributed by atoms with Crippen LogP contribution in [0.4, 0.5) is 0 Å². The van der Waals surface area contributed by atoms with Gasteiger partial charge < -0.3 is 9.30 Å². The van der Waals surface area contributed by atoms with Crippen LogP contribution in [0.15, 0.2) is 65.7 Å². The van der Waals surface area contributed by atoms with Crippen molar-refractivity contribution in [2.45, 2.75) is 27.3 Å². The Labute approximate surface area is 160 Å². The summed E-state index contributed by atoms with van der Waals surface area (Å²) in [5.74, 6) is -0.300. The average Bonchev–Trinajstić information content (AvgIpc) is 2.96. The highest BCUT2D eigenvalue weighted by Gasteiger charge is 2.12. The van der Waals surface area contributed by atoms with Crippen molar-refractivity contribution in [1.82, 2.24) is 4.57 Å². The number of hydrogen-bond donors (Lipinski definition) is 0. The normalized spacial score (nSPS) is 11.1. The fourth-order valence-electron chi connectivity index (χ4n) is 3.13. The van der Waals surface area contributed by atoms with Crippen molar-refractivity contribution >= 4 is 12.2 Å². The molecule has 0 saturated carbocycles. The van der Waals surface area contributed by atoms with Crippen LogP contribution in [0.1, 0.15) is 39.8 Å². The van der Waals surface area contributed by atoms with Crippen molar-refractivity contribution in [1.29, 1.82) is 0 Å². The zero-order chi connectivity index (χ0) is 19.2. The van der Waals surface area contributed by atoms with Crippen molar-refractivity contribution in [2.24, 2.45) is 4.99 Å². The van der Waals surface area contributed by atoms with E-state index in [1.165, 1.54) is 5.56 Å². The molecule has 0 spiro atoms. The summed E-state index contributed by atoms with van der Waals surface area (Å²) in [7, 11) is 0. The van der Waals surface area contributed by atoms with Gasteiger partial charge in [-0.15, -0.1) is 0 Å². The maximum atomic E-state index is 12.0. The van der Waals surface area contributed by atoms with Gasteiger partial charge in [-0.05, 0) is 50.6 Å².